The van der Waals surface area contributed by atoms with E-state index in [1.165, 1.54) is 29.8 Å². The van der Waals surface area contributed by atoms with Crippen LogP contribution in [0, 0.1) is 0 Å². The molecule has 0 aromatic carbocycles. The van der Waals surface area contributed by atoms with Crippen molar-refractivity contribution in [1.29, 1.82) is 0 Å². The Labute approximate surface area is 101 Å². The zero-order valence-corrected chi connectivity index (χ0v) is 9.69. The first-order chi connectivity index (χ1) is 8.04. The highest BCUT2D eigenvalue weighted by molar-refractivity contribution is 8.04. The lowest BCUT2D eigenvalue weighted by molar-refractivity contribution is -0.145. The Morgan fingerprint density at radius 3 is 2.82 bits per heavy atom. The third-order valence-corrected chi connectivity index (χ3v) is 3.65. The van der Waals surface area contributed by atoms with Crippen LogP contribution in [0.5, 0.6) is 0 Å². The Balaban J connectivity index is 2.26. The highest BCUT2D eigenvalue weighted by Crippen LogP contribution is 2.46. The number of hydrogen-bond donors (Lipinski definition) is 1. The third kappa shape index (κ3) is 1.93. The van der Waals surface area contributed by atoms with E-state index in [4.69, 9.17) is 5.11 Å². The molecular weight excluding hydrogens is 246 g/mol. The van der Waals surface area contributed by atoms with Gasteiger partial charge in [0.25, 0.3) is 0 Å². The van der Waals surface area contributed by atoms with Crippen molar-refractivity contribution >= 4 is 29.6 Å². The number of methoxy groups -OCH3 is 1. The van der Waals surface area contributed by atoms with Gasteiger partial charge in [-0.2, -0.15) is 0 Å². The maximum atomic E-state index is 11.3. The lowest BCUT2D eigenvalue weighted by Crippen LogP contribution is -2.48. The molecule has 2 heterocycles. The molecule has 0 bridgehead atoms. The van der Waals surface area contributed by atoms with Crippen molar-refractivity contribution in [1.82, 2.24) is 4.90 Å². The van der Waals surface area contributed by atoms with Crippen molar-refractivity contribution in [3.8, 4) is 0 Å². The van der Waals surface area contributed by atoms with E-state index in [1.807, 2.05) is 0 Å². The Hall–Kier alpha value is -1.76. The van der Waals surface area contributed by atoms with E-state index < -0.39 is 11.9 Å². The maximum Gasteiger partial charge on any atom is 0.353 e. The summed E-state index contributed by atoms with van der Waals surface area (Å²) in [5.41, 5.74) is -0.0589. The fourth-order valence-corrected chi connectivity index (χ4v) is 2.90. The summed E-state index contributed by atoms with van der Waals surface area (Å²) < 4.78 is 4.41. The fraction of sp³-hybridized carbons (Fsp3) is 0.300. The van der Waals surface area contributed by atoms with Crippen LogP contribution in [-0.4, -0.2) is 40.3 Å². The Morgan fingerprint density at radius 1 is 1.59 bits per heavy atom. The molecule has 1 amide bonds. The van der Waals surface area contributed by atoms with Crippen molar-refractivity contribution < 1.29 is 24.2 Å². The van der Waals surface area contributed by atoms with E-state index >= 15 is 0 Å². The van der Waals surface area contributed by atoms with Crippen LogP contribution in [0.1, 0.15) is 6.42 Å². The molecular formula is C10H9NO5S. The second-order valence-electron chi connectivity index (χ2n) is 3.41. The lowest BCUT2D eigenvalue weighted by Gasteiger charge is -2.33. The molecule has 1 fully saturated rings. The number of carbonyl (C=O) groups excluding carboxylic acids is 2. The maximum absolute atomic E-state index is 11.3. The molecule has 1 saturated heterocycles. The van der Waals surface area contributed by atoms with Gasteiger partial charge in [0.15, 0.2) is 0 Å². The van der Waals surface area contributed by atoms with Crippen molar-refractivity contribution in [2.24, 2.45) is 0 Å². The largest absolute Gasteiger partial charge is 0.477 e. The first kappa shape index (κ1) is 11.7. The number of allylic oxidation sites excluding steroid dienone is 1. The van der Waals surface area contributed by atoms with Crippen LogP contribution in [0.2, 0.25) is 0 Å². The van der Waals surface area contributed by atoms with Gasteiger partial charge in [-0.05, 0) is 6.08 Å². The molecule has 0 unspecified atom stereocenters. The van der Waals surface area contributed by atoms with Gasteiger partial charge >= 0.3 is 11.9 Å². The van der Waals surface area contributed by atoms with Gasteiger partial charge in [-0.3, -0.25) is 9.69 Å². The Morgan fingerprint density at radius 2 is 2.29 bits per heavy atom. The highest BCUT2D eigenvalue weighted by atomic mass is 32.2. The predicted molar refractivity (Wildman–Crippen MR) is 58.7 cm³/mol. The number of fused-ring (bicyclic) bond motifs is 1. The van der Waals surface area contributed by atoms with Crippen LogP contribution < -0.4 is 0 Å². The smallest absolute Gasteiger partial charge is 0.353 e. The standard InChI is InChI=1S/C10H9NO5S/c1-16-8(13)3-2-5-9(10(14)15)11-6(12)4-7(11)17-5/h2-3,7H,4H2,1H3,(H,14,15)/t7-/m0/s1. The monoisotopic (exact) mass is 255 g/mol. The fourth-order valence-electron chi connectivity index (χ4n) is 1.61. The molecule has 17 heavy (non-hydrogen) atoms. The minimum Gasteiger partial charge on any atom is -0.477 e. The van der Waals surface area contributed by atoms with Crippen LogP contribution in [0.4, 0.5) is 0 Å². The number of thioether (sulfide) groups is 1. The number of aliphatic carboxylic acids is 1. The number of esters is 1. The molecule has 2 rings (SSSR count). The van der Waals surface area contributed by atoms with E-state index in [0.29, 0.717) is 11.3 Å². The number of amides is 1. The molecule has 6 nitrogen and oxygen atoms in total. The van der Waals surface area contributed by atoms with Gasteiger partial charge in [-0.15, -0.1) is 0 Å². The van der Waals surface area contributed by atoms with Gasteiger partial charge in [0.1, 0.15) is 5.70 Å². The van der Waals surface area contributed by atoms with Crippen LogP contribution in [0.25, 0.3) is 0 Å². The van der Waals surface area contributed by atoms with E-state index in [1.54, 1.807) is 0 Å². The van der Waals surface area contributed by atoms with Crippen LogP contribution in [0.3, 0.4) is 0 Å². The van der Waals surface area contributed by atoms with E-state index in [0.717, 1.165) is 6.08 Å². The molecule has 90 valence electrons. The van der Waals surface area contributed by atoms with Gasteiger partial charge < -0.3 is 9.84 Å². The number of nitrogens with zero attached hydrogens (tertiary/aromatic N) is 1. The van der Waals surface area contributed by atoms with Crippen LogP contribution in [-0.2, 0) is 19.1 Å². The summed E-state index contributed by atoms with van der Waals surface area (Å²) >= 11 is 1.26. The van der Waals surface area contributed by atoms with E-state index in [-0.39, 0.29) is 17.0 Å². The summed E-state index contributed by atoms with van der Waals surface area (Å²) in [7, 11) is 1.23. The molecule has 1 atom stereocenters. The molecule has 0 saturated carbocycles. The van der Waals surface area contributed by atoms with Crippen molar-refractivity contribution in [2.45, 2.75) is 11.8 Å². The average Bonchev–Trinajstić information content (AvgIpc) is 2.58. The van der Waals surface area contributed by atoms with Gasteiger partial charge in [-0.25, -0.2) is 9.59 Å². The van der Waals surface area contributed by atoms with Gasteiger partial charge in [0.05, 0.1) is 18.9 Å². The normalized spacial score (nSPS) is 22.8. The summed E-state index contributed by atoms with van der Waals surface area (Å²) in [6.07, 6.45) is 2.84. The molecule has 0 aliphatic carbocycles. The van der Waals surface area contributed by atoms with Crippen LogP contribution >= 0.6 is 11.8 Å². The quantitative estimate of drug-likeness (QED) is 0.444. The topological polar surface area (TPSA) is 83.9 Å². The van der Waals surface area contributed by atoms with Crippen LogP contribution in [0.15, 0.2) is 22.8 Å². The highest BCUT2D eigenvalue weighted by Gasteiger charge is 2.47. The van der Waals surface area contributed by atoms with E-state index in [2.05, 4.69) is 4.74 Å². The number of carboxylic acid groups (broad SMARTS) is 1. The molecule has 0 aromatic rings. The van der Waals surface area contributed by atoms with Gasteiger partial charge in [0.2, 0.25) is 5.91 Å². The zero-order valence-electron chi connectivity index (χ0n) is 8.87. The third-order valence-electron chi connectivity index (χ3n) is 2.42. The SMILES string of the molecule is COC(=O)C=CC1=C(C(=O)O)N2C(=O)C[C@@H]2S1. The second-order valence-corrected chi connectivity index (χ2v) is 4.63. The van der Waals surface area contributed by atoms with Crippen molar-refractivity contribution in [3.63, 3.8) is 0 Å². The molecule has 1 N–H and O–H groups in total. The zero-order chi connectivity index (χ0) is 12.6. The lowest BCUT2D eigenvalue weighted by atomic mass is 10.1. The van der Waals surface area contributed by atoms with Crippen molar-refractivity contribution in [3.05, 3.63) is 22.8 Å². The summed E-state index contributed by atoms with van der Waals surface area (Å²) in [6, 6.07) is 0. The Kier molecular flexibility index (Phi) is 2.93. The molecule has 7 heteroatoms. The molecule has 2 aliphatic rings. The number of hydrogen-bond acceptors (Lipinski definition) is 5. The predicted octanol–water partition coefficient (Wildman–Crippen LogP) is 0.317. The number of rotatable bonds is 3. The summed E-state index contributed by atoms with van der Waals surface area (Å²) in [5, 5.41) is 8.88. The minimum absolute atomic E-state index is 0.0589. The number of β-lactam (4-membered cyclic amide) rings is 1. The summed E-state index contributed by atoms with van der Waals surface area (Å²) in [6.45, 7) is 0. The summed E-state index contributed by atoms with van der Waals surface area (Å²) in [5.74, 6) is -1.94. The number of carbonyl (C=O) groups is 3. The Bertz CT molecular complexity index is 467. The first-order valence-corrected chi connectivity index (χ1v) is 5.65. The first-order valence-electron chi connectivity index (χ1n) is 4.77. The number of ether oxygens (including phenoxy) is 1. The molecule has 0 spiro atoms. The van der Waals surface area contributed by atoms with Gasteiger partial charge in [-0.1, -0.05) is 11.8 Å². The summed E-state index contributed by atoms with van der Waals surface area (Å²) in [4.78, 5) is 34.9. The molecule has 0 aromatic heterocycles. The van der Waals surface area contributed by atoms with E-state index in [9.17, 15) is 14.4 Å². The second kappa shape index (κ2) is 4.25. The van der Waals surface area contributed by atoms with Crippen molar-refractivity contribution in [2.75, 3.05) is 7.11 Å². The minimum atomic E-state index is -1.17. The molecule has 0 radical (unpaired) electrons. The van der Waals surface area contributed by atoms with Gasteiger partial charge in [0, 0.05) is 11.0 Å². The average molecular weight is 255 g/mol. The molecule has 2 aliphatic heterocycles. The number of carboxylic acids is 1.